The maximum absolute atomic E-state index is 2.52. The summed E-state index contributed by atoms with van der Waals surface area (Å²) in [7, 11) is 0. The minimum atomic E-state index is -1.06. The first-order chi connectivity index (χ1) is 2.00. The molecule has 0 aliphatic heterocycles. The topological polar surface area (TPSA) is 0 Å². The van der Waals surface area contributed by atoms with Gasteiger partial charge in [0, 0.05) is 103 Å². The van der Waals surface area contributed by atoms with Crippen LogP contribution in [0.1, 0.15) is 0 Å². The van der Waals surface area contributed by atoms with Crippen molar-refractivity contribution in [2.45, 2.75) is 0 Å². The van der Waals surface area contributed by atoms with Crippen LogP contribution in [0.15, 0.2) is 0 Å². The van der Waals surface area contributed by atoms with Gasteiger partial charge in [0.2, 0.25) is 0 Å². The van der Waals surface area contributed by atoms with Crippen molar-refractivity contribution in [2.75, 3.05) is 0 Å². The number of rotatable bonds is 0. The predicted molar refractivity (Wildman–Crippen MR) is 67.6 cm³/mol. The van der Waals surface area contributed by atoms with Crippen LogP contribution in [0, 0.1) is 0 Å². The van der Waals surface area contributed by atoms with Gasteiger partial charge in [-0.3, -0.25) is 0 Å². The van der Waals surface area contributed by atoms with Gasteiger partial charge in [-0.05, 0) is 0 Å². The molecule has 0 bridgehead atoms. The van der Waals surface area contributed by atoms with Gasteiger partial charge in [0.15, 0.2) is 0 Å². The van der Waals surface area contributed by atoms with E-state index in [-0.39, 0.29) is 103 Å². The molecule has 0 rings (SSSR count). The van der Waals surface area contributed by atoms with E-state index in [1.54, 1.807) is 0 Å². The maximum atomic E-state index is 2.52. The zero-order chi connectivity index (χ0) is 4.50. The van der Waals surface area contributed by atoms with E-state index < -0.39 is 1.33 Å². The summed E-state index contributed by atoms with van der Waals surface area (Å²) in [5.41, 5.74) is 0. The van der Waals surface area contributed by atoms with Crippen LogP contribution < -0.4 is 0 Å². The van der Waals surface area contributed by atoms with Crippen LogP contribution in [-0.4, -0.2) is 103 Å². The molecule has 0 heterocycles. The van der Waals surface area contributed by atoms with E-state index in [4.69, 9.17) is 0 Å². The Morgan fingerprint density at radius 2 is 0.714 bits per heavy atom. The van der Waals surface area contributed by atoms with Gasteiger partial charge in [0.05, 0.1) is 0 Å². The van der Waals surface area contributed by atoms with Crippen LogP contribution in [0.2, 0.25) is 0 Å². The Hall–Kier alpha value is 6.88. The average Bonchev–Trinajstić information content (AvgIpc) is 0.722. The molecule has 2 radical (unpaired) electrons. The van der Waals surface area contributed by atoms with Gasteiger partial charge in [-0.25, -0.2) is 0 Å². The van der Waals surface area contributed by atoms with Gasteiger partial charge in [0.25, 0.3) is 0 Å². The van der Waals surface area contributed by atoms with E-state index in [1.807, 2.05) is 0 Å². The minimum Gasteiger partial charge on any atom is 0 e. The molecular formula is I4K2Pt. The number of hydrogen-bond acceptors (Lipinski definition) is 0. The Balaban J connectivity index is -0.0000000800. The van der Waals surface area contributed by atoms with Crippen LogP contribution in [0.25, 0.3) is 0 Å². The van der Waals surface area contributed by atoms with Crippen molar-refractivity contribution in [1.82, 2.24) is 0 Å². The first-order valence-electron chi connectivity index (χ1n) is 0.478. The average molecular weight is 781 g/mol. The van der Waals surface area contributed by atoms with Crippen molar-refractivity contribution in [2.24, 2.45) is 0 Å². The maximum Gasteiger partial charge on any atom is 0 e. The van der Waals surface area contributed by atoms with Gasteiger partial charge in [-0.2, -0.15) is 0 Å². The molecular weight excluding hydrogens is 781 g/mol. The summed E-state index contributed by atoms with van der Waals surface area (Å²) in [6, 6.07) is 0. The molecule has 40 valence electrons. The molecule has 0 N–H and O–H groups in total. The summed E-state index contributed by atoms with van der Waals surface area (Å²) in [6.45, 7) is 0. The molecule has 0 aliphatic carbocycles. The summed E-state index contributed by atoms with van der Waals surface area (Å²) in [6.07, 6.45) is 0. The molecule has 0 amide bonds. The third kappa shape index (κ3) is 32.2. The standard InChI is InChI=1S/4HI.2K.Pt/h4*1H;;;/q;;;;;;+4/p-4. The van der Waals surface area contributed by atoms with E-state index in [2.05, 4.69) is 77.4 Å². The molecule has 0 atom stereocenters. The minimum absolute atomic E-state index is 0. The molecule has 0 saturated carbocycles. The van der Waals surface area contributed by atoms with Crippen molar-refractivity contribution >= 4 is 180 Å². The quantitative estimate of drug-likeness (QED) is 0.263. The van der Waals surface area contributed by atoms with E-state index >= 15 is 0 Å². The van der Waals surface area contributed by atoms with E-state index in [0.717, 1.165) is 0 Å². The zero-order valence-electron chi connectivity index (χ0n) is 3.83. The van der Waals surface area contributed by atoms with Crippen LogP contribution in [0.5, 0.6) is 0 Å². The van der Waals surface area contributed by atoms with Gasteiger partial charge >= 0.3 is 78.7 Å². The van der Waals surface area contributed by atoms with Crippen molar-refractivity contribution < 1.29 is 1.33 Å². The Labute approximate surface area is 174 Å². The zero-order valence-corrected chi connectivity index (χ0v) is 21.0. The summed E-state index contributed by atoms with van der Waals surface area (Å²) in [5, 5.41) is 0. The number of halogens is 4. The van der Waals surface area contributed by atoms with E-state index in [1.165, 1.54) is 0 Å². The first kappa shape index (κ1) is 19.5. The molecule has 0 unspecified atom stereocenters. The third-order valence-electron chi connectivity index (χ3n) is 0. The Kier molecular flexibility index (Phi) is 30.5. The SMILES string of the molecule is [I][Pt]([I])([I])[I].[K].[K]. The van der Waals surface area contributed by atoms with Crippen molar-refractivity contribution in [3.8, 4) is 0 Å². The summed E-state index contributed by atoms with van der Waals surface area (Å²) < 4.78 is -1.06. The molecule has 0 spiro atoms. The van der Waals surface area contributed by atoms with Crippen LogP contribution in [0.3, 0.4) is 0 Å². The molecule has 7 heavy (non-hydrogen) atoms. The summed E-state index contributed by atoms with van der Waals surface area (Å²) in [4.78, 5) is 0. The molecule has 0 aromatic rings. The van der Waals surface area contributed by atoms with Crippen LogP contribution in [-0.2, 0) is 1.33 Å². The Bertz CT molecular complexity index is 25.2. The molecule has 0 aromatic heterocycles. The second-order valence-corrected chi connectivity index (χ2v) is 99.8. The van der Waals surface area contributed by atoms with Gasteiger partial charge in [-0.15, -0.1) is 0 Å². The van der Waals surface area contributed by atoms with E-state index in [0.29, 0.717) is 0 Å². The molecule has 7 heteroatoms. The fraction of sp³-hybridized carbons (Fsp3) is 0. The second-order valence-electron chi connectivity index (χ2n) is 0.271. The normalized spacial score (nSPS) is 10.9. The van der Waals surface area contributed by atoms with E-state index in [9.17, 15) is 0 Å². The predicted octanol–water partition coefficient (Wildman–Crippen LogP) is 2.78. The van der Waals surface area contributed by atoms with Gasteiger partial charge in [-0.1, -0.05) is 0 Å². The monoisotopic (exact) mass is 781 g/mol. The van der Waals surface area contributed by atoms with Crippen LogP contribution >= 0.6 is 77.4 Å². The van der Waals surface area contributed by atoms with Crippen molar-refractivity contribution in [1.29, 1.82) is 0 Å². The van der Waals surface area contributed by atoms with Crippen molar-refractivity contribution in [3.05, 3.63) is 0 Å². The van der Waals surface area contributed by atoms with Crippen molar-refractivity contribution in [3.63, 3.8) is 0 Å². The Morgan fingerprint density at radius 1 is 0.714 bits per heavy atom. The largest absolute Gasteiger partial charge is 0 e. The Morgan fingerprint density at radius 3 is 0.714 bits per heavy atom. The second kappa shape index (κ2) is 11.0. The smallest absolute Gasteiger partial charge is 0 e. The fourth-order valence-electron chi connectivity index (χ4n) is 0. The molecule has 0 nitrogen and oxygen atoms in total. The third-order valence-corrected chi connectivity index (χ3v) is 0. The summed E-state index contributed by atoms with van der Waals surface area (Å²) in [5.74, 6) is 0. The number of hydrogen-bond donors (Lipinski definition) is 0. The fourth-order valence-corrected chi connectivity index (χ4v) is 0. The molecule has 0 fully saturated rings. The summed E-state index contributed by atoms with van der Waals surface area (Å²) >= 11 is 10.1. The molecule has 0 aliphatic rings. The van der Waals surface area contributed by atoms with Gasteiger partial charge in [0.1, 0.15) is 0 Å². The first-order valence-corrected chi connectivity index (χ1v) is 26.3. The molecule has 0 saturated heterocycles. The molecule has 0 aromatic carbocycles. The van der Waals surface area contributed by atoms with Gasteiger partial charge < -0.3 is 0 Å². The van der Waals surface area contributed by atoms with Crippen LogP contribution in [0.4, 0.5) is 0 Å².